The van der Waals surface area contributed by atoms with E-state index in [1.165, 1.54) is 0 Å². The minimum Gasteiger partial charge on any atom is -0.340 e. The Morgan fingerprint density at radius 1 is 1.19 bits per heavy atom. The molecule has 94 valence electrons. The molecule has 1 amide bonds. The Labute approximate surface area is 99.0 Å². The second-order valence-corrected chi connectivity index (χ2v) is 5.64. The highest BCUT2D eigenvalue weighted by molar-refractivity contribution is 5.78. The summed E-state index contributed by atoms with van der Waals surface area (Å²) in [6.07, 6.45) is 1.08. The molecule has 4 nitrogen and oxygen atoms in total. The van der Waals surface area contributed by atoms with Gasteiger partial charge in [0, 0.05) is 25.2 Å². The van der Waals surface area contributed by atoms with Gasteiger partial charge < -0.3 is 15.1 Å². The van der Waals surface area contributed by atoms with Gasteiger partial charge in [0.15, 0.2) is 0 Å². The molecule has 1 saturated heterocycles. The number of carbonyl (C=O) groups is 1. The molecule has 0 atom stereocenters. The molecule has 0 unspecified atom stereocenters. The maximum atomic E-state index is 11.9. The van der Waals surface area contributed by atoms with Gasteiger partial charge >= 0.3 is 0 Å². The minimum absolute atomic E-state index is 0.0122. The quantitative estimate of drug-likeness (QED) is 0.748. The number of hydrogen-bond donors (Lipinski definition) is 1. The molecule has 0 aromatic rings. The summed E-state index contributed by atoms with van der Waals surface area (Å²) in [6, 6.07) is 0. The third-order valence-corrected chi connectivity index (χ3v) is 2.84. The predicted molar refractivity (Wildman–Crippen MR) is 66.4 cm³/mol. The van der Waals surface area contributed by atoms with Crippen molar-refractivity contribution in [2.75, 3.05) is 39.8 Å². The van der Waals surface area contributed by atoms with E-state index in [0.717, 1.165) is 32.6 Å². The standard InChI is InChI=1S/C12H25N3O/c1-12(2,3)13-10-11(16)15-7-5-6-14(4)8-9-15/h13H,5-10H2,1-4H3. The average molecular weight is 227 g/mol. The van der Waals surface area contributed by atoms with E-state index in [4.69, 9.17) is 0 Å². The molecule has 0 spiro atoms. The van der Waals surface area contributed by atoms with Crippen LogP contribution in [0.4, 0.5) is 0 Å². The number of likely N-dealkylation sites (N-methyl/N-ethyl adjacent to an activating group) is 1. The largest absolute Gasteiger partial charge is 0.340 e. The van der Waals surface area contributed by atoms with E-state index in [1.807, 2.05) is 4.90 Å². The Morgan fingerprint density at radius 2 is 1.88 bits per heavy atom. The van der Waals surface area contributed by atoms with Crippen LogP contribution in [-0.4, -0.2) is 61.0 Å². The molecule has 1 rings (SSSR count). The fraction of sp³-hybridized carbons (Fsp3) is 0.917. The van der Waals surface area contributed by atoms with Crippen molar-refractivity contribution in [3.05, 3.63) is 0 Å². The van der Waals surface area contributed by atoms with Crippen LogP contribution < -0.4 is 5.32 Å². The van der Waals surface area contributed by atoms with Crippen LogP contribution in [-0.2, 0) is 4.79 Å². The average Bonchev–Trinajstić information content (AvgIpc) is 2.38. The van der Waals surface area contributed by atoms with E-state index in [2.05, 4.69) is 38.0 Å². The van der Waals surface area contributed by atoms with Gasteiger partial charge in [0.05, 0.1) is 6.54 Å². The van der Waals surface area contributed by atoms with E-state index < -0.39 is 0 Å². The Morgan fingerprint density at radius 3 is 2.50 bits per heavy atom. The van der Waals surface area contributed by atoms with Gasteiger partial charge in [-0.15, -0.1) is 0 Å². The summed E-state index contributed by atoms with van der Waals surface area (Å²) >= 11 is 0. The monoisotopic (exact) mass is 227 g/mol. The third-order valence-electron chi connectivity index (χ3n) is 2.84. The van der Waals surface area contributed by atoms with Crippen LogP contribution in [0.3, 0.4) is 0 Å². The molecule has 0 bridgehead atoms. The van der Waals surface area contributed by atoms with Gasteiger partial charge in [0.2, 0.25) is 5.91 Å². The summed E-state index contributed by atoms with van der Waals surface area (Å²) in [6.45, 7) is 10.5. The molecule has 1 aliphatic heterocycles. The van der Waals surface area contributed by atoms with Gasteiger partial charge in [0.1, 0.15) is 0 Å². The topological polar surface area (TPSA) is 35.6 Å². The van der Waals surface area contributed by atoms with Crippen LogP contribution in [0.5, 0.6) is 0 Å². The van der Waals surface area contributed by atoms with Gasteiger partial charge in [-0.1, -0.05) is 0 Å². The molecular weight excluding hydrogens is 202 g/mol. The number of nitrogens with zero attached hydrogens (tertiary/aromatic N) is 2. The van der Waals surface area contributed by atoms with Gasteiger partial charge in [-0.05, 0) is 40.8 Å². The highest BCUT2D eigenvalue weighted by atomic mass is 16.2. The van der Waals surface area contributed by atoms with Crippen molar-refractivity contribution in [2.45, 2.75) is 32.7 Å². The summed E-state index contributed by atoms with van der Waals surface area (Å²) in [5.41, 5.74) is 0.0122. The van der Waals surface area contributed by atoms with Gasteiger partial charge in [-0.3, -0.25) is 4.79 Å². The van der Waals surface area contributed by atoms with Crippen molar-refractivity contribution < 1.29 is 4.79 Å². The first kappa shape index (κ1) is 13.5. The van der Waals surface area contributed by atoms with Crippen molar-refractivity contribution in [3.63, 3.8) is 0 Å². The van der Waals surface area contributed by atoms with Crippen molar-refractivity contribution >= 4 is 5.91 Å². The lowest BCUT2D eigenvalue weighted by Crippen LogP contribution is -2.45. The van der Waals surface area contributed by atoms with Gasteiger partial charge in [0.25, 0.3) is 0 Å². The Hall–Kier alpha value is -0.610. The number of nitrogens with one attached hydrogen (secondary N) is 1. The van der Waals surface area contributed by atoms with Crippen molar-refractivity contribution in [3.8, 4) is 0 Å². The molecule has 0 aromatic carbocycles. The maximum Gasteiger partial charge on any atom is 0.236 e. The maximum absolute atomic E-state index is 11.9. The smallest absolute Gasteiger partial charge is 0.236 e. The van der Waals surface area contributed by atoms with Gasteiger partial charge in [-0.2, -0.15) is 0 Å². The van der Waals surface area contributed by atoms with E-state index in [-0.39, 0.29) is 11.4 Å². The zero-order valence-corrected chi connectivity index (χ0v) is 11.0. The van der Waals surface area contributed by atoms with E-state index in [1.54, 1.807) is 0 Å². The van der Waals surface area contributed by atoms with Crippen molar-refractivity contribution in [1.29, 1.82) is 0 Å². The number of rotatable bonds is 2. The first-order valence-electron chi connectivity index (χ1n) is 6.10. The van der Waals surface area contributed by atoms with E-state index in [0.29, 0.717) is 6.54 Å². The highest BCUT2D eigenvalue weighted by Gasteiger charge is 2.18. The Balaban J connectivity index is 2.35. The third kappa shape index (κ3) is 4.94. The molecule has 0 aliphatic carbocycles. The van der Waals surface area contributed by atoms with Crippen LogP contribution in [0, 0.1) is 0 Å². The van der Waals surface area contributed by atoms with Crippen LogP contribution in [0.25, 0.3) is 0 Å². The Bertz CT molecular complexity index is 235. The highest BCUT2D eigenvalue weighted by Crippen LogP contribution is 2.02. The number of carbonyl (C=O) groups excluding carboxylic acids is 1. The minimum atomic E-state index is 0.0122. The molecule has 1 fully saturated rings. The van der Waals surface area contributed by atoms with Crippen LogP contribution in [0.1, 0.15) is 27.2 Å². The zero-order valence-electron chi connectivity index (χ0n) is 11.0. The molecule has 4 heteroatoms. The molecule has 0 aromatic heterocycles. The molecule has 16 heavy (non-hydrogen) atoms. The lowest BCUT2D eigenvalue weighted by molar-refractivity contribution is -0.130. The fourth-order valence-electron chi connectivity index (χ4n) is 1.75. The van der Waals surface area contributed by atoms with Crippen LogP contribution in [0.15, 0.2) is 0 Å². The van der Waals surface area contributed by atoms with E-state index in [9.17, 15) is 4.79 Å². The lowest BCUT2D eigenvalue weighted by Gasteiger charge is -2.25. The molecule has 1 N–H and O–H groups in total. The summed E-state index contributed by atoms with van der Waals surface area (Å²) < 4.78 is 0. The van der Waals surface area contributed by atoms with Crippen LogP contribution >= 0.6 is 0 Å². The summed E-state index contributed by atoms with van der Waals surface area (Å²) in [7, 11) is 2.11. The lowest BCUT2D eigenvalue weighted by atomic mass is 10.1. The first-order valence-corrected chi connectivity index (χ1v) is 6.10. The first-order chi connectivity index (χ1) is 7.38. The van der Waals surface area contributed by atoms with Gasteiger partial charge in [-0.25, -0.2) is 0 Å². The normalized spacial score (nSPS) is 19.6. The second kappa shape index (κ2) is 5.64. The summed E-state index contributed by atoms with van der Waals surface area (Å²) in [4.78, 5) is 16.2. The molecule has 1 heterocycles. The van der Waals surface area contributed by atoms with E-state index >= 15 is 0 Å². The summed E-state index contributed by atoms with van der Waals surface area (Å²) in [5.74, 6) is 0.227. The molecule has 1 aliphatic rings. The number of amides is 1. The van der Waals surface area contributed by atoms with Crippen molar-refractivity contribution in [2.24, 2.45) is 0 Å². The second-order valence-electron chi connectivity index (χ2n) is 5.64. The summed E-state index contributed by atoms with van der Waals surface area (Å²) in [5, 5.41) is 3.25. The molecular formula is C12H25N3O. The molecule has 0 saturated carbocycles. The number of hydrogen-bond acceptors (Lipinski definition) is 3. The predicted octanol–water partition coefficient (Wildman–Crippen LogP) is 0.539. The SMILES string of the molecule is CN1CCCN(C(=O)CNC(C)(C)C)CC1. The molecule has 0 radical (unpaired) electrons. The zero-order chi connectivity index (χ0) is 12.2. The fourth-order valence-corrected chi connectivity index (χ4v) is 1.75. The Kier molecular flexibility index (Phi) is 4.74. The van der Waals surface area contributed by atoms with Crippen LogP contribution in [0.2, 0.25) is 0 Å². The van der Waals surface area contributed by atoms with Crippen molar-refractivity contribution in [1.82, 2.24) is 15.1 Å².